The van der Waals surface area contributed by atoms with Crippen molar-refractivity contribution in [3.05, 3.63) is 111 Å². The van der Waals surface area contributed by atoms with E-state index < -0.39 is 17.4 Å². The number of nitrogens with one attached hydrogen (secondary N) is 1. The number of thiazole rings is 1. The van der Waals surface area contributed by atoms with Gasteiger partial charge in [-0.1, -0.05) is 58.5 Å². The summed E-state index contributed by atoms with van der Waals surface area (Å²) in [5, 5.41) is 14.5. The molecule has 1 amide bonds. The Hall–Kier alpha value is -3.91. The molecule has 0 fully saturated rings. The smallest absolute Gasteiger partial charge is 0.274 e. The number of hydrogen-bond donors (Lipinski definition) is 2. The van der Waals surface area contributed by atoms with Gasteiger partial charge in [0, 0.05) is 26.2 Å². The van der Waals surface area contributed by atoms with Crippen LogP contribution in [0.4, 0.5) is 5.69 Å². The largest absolute Gasteiger partial charge is 0.497 e. The van der Waals surface area contributed by atoms with Crippen molar-refractivity contribution in [1.82, 2.24) is 4.57 Å². The Labute approximate surface area is 269 Å². The highest BCUT2D eigenvalue weighted by atomic mass is 35.5. The SMILES string of the molecule is COc1ccc(NC(=O)C2=c3s/c(=C\c4ccc(Cl)cc4Cl)c(=O)n3C(N)=C(C#N)C2c2ccc(Cl)cc2Cl)c(OC)c1. The van der Waals surface area contributed by atoms with Crippen LogP contribution >= 0.6 is 57.7 Å². The van der Waals surface area contributed by atoms with E-state index in [9.17, 15) is 14.9 Å². The van der Waals surface area contributed by atoms with Gasteiger partial charge in [-0.05, 0) is 53.6 Å². The molecule has 0 saturated heterocycles. The summed E-state index contributed by atoms with van der Waals surface area (Å²) >= 11 is 26.2. The molecule has 3 aromatic carbocycles. The van der Waals surface area contributed by atoms with Gasteiger partial charge in [0.1, 0.15) is 22.0 Å². The van der Waals surface area contributed by atoms with Crippen LogP contribution in [0.25, 0.3) is 17.5 Å². The van der Waals surface area contributed by atoms with Crippen LogP contribution in [0.2, 0.25) is 20.1 Å². The Morgan fingerprint density at radius 1 is 1.02 bits per heavy atom. The maximum atomic E-state index is 14.2. The summed E-state index contributed by atoms with van der Waals surface area (Å²) < 4.78 is 12.3. The number of carbonyl (C=O) groups is 1. The Morgan fingerprint density at radius 3 is 2.35 bits per heavy atom. The third kappa shape index (κ3) is 5.73. The van der Waals surface area contributed by atoms with E-state index in [1.807, 2.05) is 0 Å². The predicted octanol–water partition coefficient (Wildman–Crippen LogP) is 5.61. The van der Waals surface area contributed by atoms with E-state index in [0.29, 0.717) is 43.4 Å². The van der Waals surface area contributed by atoms with Crippen molar-refractivity contribution in [1.29, 1.82) is 5.26 Å². The number of anilines is 1. The summed E-state index contributed by atoms with van der Waals surface area (Å²) in [6, 6.07) is 16.5. The number of halogens is 4. The zero-order chi connectivity index (χ0) is 31.0. The molecule has 0 saturated carbocycles. The lowest BCUT2D eigenvalue weighted by Gasteiger charge is -2.26. The Kier molecular flexibility index (Phi) is 8.79. The summed E-state index contributed by atoms with van der Waals surface area (Å²) in [6.45, 7) is 0. The lowest BCUT2D eigenvalue weighted by Crippen LogP contribution is -2.40. The molecule has 0 bridgehead atoms. The molecule has 218 valence electrons. The van der Waals surface area contributed by atoms with E-state index in [-0.39, 0.29) is 31.2 Å². The quantitative estimate of drug-likeness (QED) is 0.275. The van der Waals surface area contributed by atoms with E-state index in [1.54, 1.807) is 54.6 Å². The van der Waals surface area contributed by atoms with Gasteiger partial charge >= 0.3 is 0 Å². The Morgan fingerprint density at radius 2 is 1.72 bits per heavy atom. The minimum Gasteiger partial charge on any atom is -0.497 e. The number of nitrogens with two attached hydrogens (primary N) is 1. The number of rotatable bonds is 6. The van der Waals surface area contributed by atoms with Crippen LogP contribution in [0.1, 0.15) is 17.0 Å². The molecule has 0 spiro atoms. The van der Waals surface area contributed by atoms with Crippen LogP contribution in [0.15, 0.2) is 65.0 Å². The number of benzene rings is 3. The van der Waals surface area contributed by atoms with Crippen LogP contribution in [0.5, 0.6) is 11.5 Å². The van der Waals surface area contributed by atoms with E-state index in [1.165, 1.54) is 20.3 Å². The molecule has 0 aliphatic carbocycles. The van der Waals surface area contributed by atoms with Crippen molar-refractivity contribution in [2.75, 3.05) is 19.5 Å². The molecular formula is C30H20Cl4N4O4S. The predicted molar refractivity (Wildman–Crippen MR) is 172 cm³/mol. The first-order valence-corrected chi connectivity index (χ1v) is 14.7. The first kappa shape index (κ1) is 30.5. The van der Waals surface area contributed by atoms with Crippen LogP contribution in [0, 0.1) is 11.3 Å². The second kappa shape index (κ2) is 12.4. The van der Waals surface area contributed by atoms with Gasteiger partial charge in [0.05, 0.1) is 47.6 Å². The lowest BCUT2D eigenvalue weighted by molar-refractivity contribution is -0.111. The number of allylic oxidation sites excluding steroid dienone is 1. The summed E-state index contributed by atoms with van der Waals surface area (Å²) in [6.07, 6.45) is 1.57. The maximum Gasteiger partial charge on any atom is 0.274 e. The number of nitrogens with zero attached hydrogens (tertiary/aromatic N) is 2. The standard InChI is InChI=1S/C30H20Cl4N4O4S/c1-41-17-6-8-22(23(12-17)42-2)37-28(39)26-25(18-7-5-16(32)11-21(18)34)19(13-35)27(36)38-29(40)24(43-30(26)38)9-14-3-4-15(31)10-20(14)33/h3-12,25H,36H2,1-2H3,(H,37,39)/b24-9-. The highest BCUT2D eigenvalue weighted by Gasteiger charge is 2.37. The average molecular weight is 674 g/mol. The first-order chi connectivity index (χ1) is 20.6. The first-order valence-electron chi connectivity index (χ1n) is 12.4. The minimum atomic E-state index is -1.04. The Bertz CT molecular complexity index is 2060. The molecule has 43 heavy (non-hydrogen) atoms. The molecule has 1 unspecified atom stereocenters. The number of ether oxygens (including phenoxy) is 2. The summed E-state index contributed by atoms with van der Waals surface area (Å²) in [5.41, 5.74) is 7.22. The average Bonchev–Trinajstić information content (AvgIpc) is 3.30. The van der Waals surface area contributed by atoms with E-state index >= 15 is 0 Å². The summed E-state index contributed by atoms with van der Waals surface area (Å²) in [5.74, 6) is -0.942. The minimum absolute atomic E-state index is 0.0421. The number of fused-ring (bicyclic) bond motifs is 1. The third-order valence-corrected chi connectivity index (χ3v) is 8.93. The van der Waals surface area contributed by atoms with Crippen molar-refractivity contribution in [3.63, 3.8) is 0 Å². The highest BCUT2D eigenvalue weighted by molar-refractivity contribution is 7.07. The lowest BCUT2D eigenvalue weighted by atomic mass is 9.83. The number of carbonyl (C=O) groups excluding carboxylic acids is 1. The van der Waals surface area contributed by atoms with Crippen molar-refractivity contribution in [2.45, 2.75) is 5.92 Å². The molecule has 2 heterocycles. The highest BCUT2D eigenvalue weighted by Crippen LogP contribution is 2.41. The molecular weight excluding hydrogens is 654 g/mol. The summed E-state index contributed by atoms with van der Waals surface area (Å²) in [4.78, 5) is 28.0. The van der Waals surface area contributed by atoms with Crippen molar-refractivity contribution in [2.24, 2.45) is 5.73 Å². The molecule has 4 aromatic rings. The second-order valence-corrected chi connectivity index (χ2v) is 11.9. The molecule has 1 aliphatic heterocycles. The van der Waals surface area contributed by atoms with Crippen molar-refractivity contribution >= 4 is 86.8 Å². The zero-order valence-electron chi connectivity index (χ0n) is 22.4. The molecule has 13 heteroatoms. The summed E-state index contributed by atoms with van der Waals surface area (Å²) in [7, 11) is 2.96. The number of amides is 1. The molecule has 1 aromatic heterocycles. The maximum absolute atomic E-state index is 14.2. The van der Waals surface area contributed by atoms with Gasteiger partial charge in [-0.25, -0.2) is 0 Å². The zero-order valence-corrected chi connectivity index (χ0v) is 26.2. The van der Waals surface area contributed by atoms with Gasteiger partial charge in [-0.3, -0.25) is 14.2 Å². The molecule has 1 aliphatic rings. The number of methoxy groups -OCH3 is 2. The molecule has 8 nitrogen and oxygen atoms in total. The van der Waals surface area contributed by atoms with Gasteiger partial charge in [0.15, 0.2) is 0 Å². The molecule has 5 rings (SSSR count). The number of aromatic nitrogens is 1. The topological polar surface area (TPSA) is 119 Å². The number of hydrogen-bond acceptors (Lipinski definition) is 7. The fourth-order valence-electron chi connectivity index (χ4n) is 4.67. The second-order valence-electron chi connectivity index (χ2n) is 9.17. The van der Waals surface area contributed by atoms with Crippen LogP contribution in [-0.4, -0.2) is 24.7 Å². The van der Waals surface area contributed by atoms with Gasteiger partial charge in [0.25, 0.3) is 11.5 Å². The fraction of sp³-hybridized carbons (Fsp3) is 0.100. The van der Waals surface area contributed by atoms with E-state index in [0.717, 1.165) is 15.9 Å². The van der Waals surface area contributed by atoms with Crippen molar-refractivity contribution in [3.8, 4) is 17.6 Å². The Balaban J connectivity index is 1.82. The van der Waals surface area contributed by atoms with Gasteiger partial charge < -0.3 is 20.5 Å². The molecule has 1 atom stereocenters. The van der Waals surface area contributed by atoms with Crippen LogP contribution in [-0.2, 0) is 4.79 Å². The van der Waals surface area contributed by atoms with Gasteiger partial charge in [-0.2, -0.15) is 5.26 Å². The van der Waals surface area contributed by atoms with Gasteiger partial charge in [-0.15, -0.1) is 11.3 Å². The number of nitriles is 1. The van der Waals surface area contributed by atoms with E-state index in [4.69, 9.17) is 61.6 Å². The van der Waals surface area contributed by atoms with Crippen LogP contribution in [0.3, 0.4) is 0 Å². The molecule has 0 radical (unpaired) electrons. The van der Waals surface area contributed by atoms with Crippen molar-refractivity contribution < 1.29 is 14.3 Å². The van der Waals surface area contributed by atoms with Gasteiger partial charge in [0.2, 0.25) is 0 Å². The van der Waals surface area contributed by atoms with Crippen LogP contribution < -0.4 is 35.3 Å². The third-order valence-electron chi connectivity index (χ3n) is 6.69. The monoisotopic (exact) mass is 672 g/mol. The fourth-order valence-corrected chi connectivity index (χ4v) is 6.81. The van der Waals surface area contributed by atoms with E-state index in [2.05, 4.69) is 11.4 Å². The normalized spacial score (nSPS) is 14.8. The molecule has 3 N–H and O–H groups in total.